The first-order valence-corrected chi connectivity index (χ1v) is 4.59. The standard InChI is InChI=1S/C11H11NO2/c12-11(14)10-4-2-1-3-9(10)7-5-8(13)6-7/h1-4,7H,5-6H2,(H2,12,14). The van der Waals surface area contributed by atoms with E-state index in [1.807, 2.05) is 12.1 Å². The van der Waals surface area contributed by atoms with Crippen molar-refractivity contribution >= 4 is 11.7 Å². The second-order valence-electron chi connectivity index (χ2n) is 3.60. The van der Waals surface area contributed by atoms with E-state index in [0.29, 0.717) is 18.4 Å². The molecule has 0 heterocycles. The van der Waals surface area contributed by atoms with E-state index < -0.39 is 5.91 Å². The van der Waals surface area contributed by atoms with E-state index in [4.69, 9.17) is 5.73 Å². The second kappa shape index (κ2) is 3.25. The van der Waals surface area contributed by atoms with Crippen LogP contribution in [0.25, 0.3) is 0 Å². The molecule has 1 fully saturated rings. The Kier molecular flexibility index (Phi) is 2.08. The number of carbonyl (C=O) groups is 2. The molecule has 1 aromatic carbocycles. The summed E-state index contributed by atoms with van der Waals surface area (Å²) in [7, 11) is 0. The summed E-state index contributed by atoms with van der Waals surface area (Å²) in [6, 6.07) is 7.23. The predicted molar refractivity (Wildman–Crippen MR) is 51.9 cm³/mol. The molecule has 0 aromatic heterocycles. The Balaban J connectivity index is 2.32. The summed E-state index contributed by atoms with van der Waals surface area (Å²) >= 11 is 0. The maximum absolute atomic E-state index is 11.1. The normalized spacial score (nSPS) is 16.4. The molecular weight excluding hydrogens is 178 g/mol. The lowest BCUT2D eigenvalue weighted by Gasteiger charge is -2.25. The average Bonchev–Trinajstić information content (AvgIpc) is 2.13. The van der Waals surface area contributed by atoms with Gasteiger partial charge in [0.2, 0.25) is 5.91 Å². The molecule has 0 spiro atoms. The van der Waals surface area contributed by atoms with Crippen molar-refractivity contribution in [2.24, 2.45) is 5.73 Å². The van der Waals surface area contributed by atoms with Gasteiger partial charge in [0, 0.05) is 18.4 Å². The average molecular weight is 189 g/mol. The van der Waals surface area contributed by atoms with Gasteiger partial charge in [0.25, 0.3) is 0 Å². The molecule has 1 aliphatic carbocycles. The fraction of sp³-hybridized carbons (Fsp3) is 0.273. The number of carbonyl (C=O) groups excluding carboxylic acids is 2. The van der Waals surface area contributed by atoms with Crippen LogP contribution in [-0.4, -0.2) is 11.7 Å². The van der Waals surface area contributed by atoms with Crippen LogP contribution in [0.3, 0.4) is 0 Å². The predicted octanol–water partition coefficient (Wildman–Crippen LogP) is 1.23. The first kappa shape index (κ1) is 8.94. The molecule has 1 aromatic rings. The van der Waals surface area contributed by atoms with Crippen LogP contribution >= 0.6 is 0 Å². The summed E-state index contributed by atoms with van der Waals surface area (Å²) in [5.74, 6) is 0.0421. The number of hydrogen-bond acceptors (Lipinski definition) is 2. The van der Waals surface area contributed by atoms with Gasteiger partial charge in [-0.15, -0.1) is 0 Å². The molecule has 0 radical (unpaired) electrons. The SMILES string of the molecule is NC(=O)c1ccccc1C1CC(=O)C1. The molecule has 1 aliphatic rings. The van der Waals surface area contributed by atoms with Crippen LogP contribution in [0.2, 0.25) is 0 Å². The van der Waals surface area contributed by atoms with Crippen molar-refractivity contribution in [2.75, 3.05) is 0 Å². The Morgan fingerprint density at radius 2 is 1.93 bits per heavy atom. The van der Waals surface area contributed by atoms with E-state index in [-0.39, 0.29) is 11.7 Å². The number of primary amides is 1. The Morgan fingerprint density at radius 1 is 1.29 bits per heavy atom. The molecule has 0 aliphatic heterocycles. The summed E-state index contributed by atoms with van der Waals surface area (Å²) in [6.45, 7) is 0. The third-order valence-electron chi connectivity index (χ3n) is 2.61. The molecule has 0 bridgehead atoms. The van der Waals surface area contributed by atoms with E-state index in [0.717, 1.165) is 5.56 Å². The molecule has 14 heavy (non-hydrogen) atoms. The second-order valence-corrected chi connectivity index (χ2v) is 3.60. The maximum atomic E-state index is 11.1. The highest BCUT2D eigenvalue weighted by Crippen LogP contribution is 2.35. The Morgan fingerprint density at radius 3 is 2.50 bits per heavy atom. The van der Waals surface area contributed by atoms with Crippen LogP contribution in [0.15, 0.2) is 24.3 Å². The zero-order valence-electron chi connectivity index (χ0n) is 7.69. The van der Waals surface area contributed by atoms with E-state index in [2.05, 4.69) is 0 Å². The highest BCUT2D eigenvalue weighted by atomic mass is 16.1. The molecular formula is C11H11NO2. The van der Waals surface area contributed by atoms with Crippen molar-refractivity contribution in [2.45, 2.75) is 18.8 Å². The minimum absolute atomic E-state index is 0.200. The summed E-state index contributed by atoms with van der Waals surface area (Å²) in [5.41, 5.74) is 6.70. The highest BCUT2D eigenvalue weighted by molar-refractivity contribution is 5.96. The molecule has 2 N–H and O–H groups in total. The number of rotatable bonds is 2. The third kappa shape index (κ3) is 1.41. The summed E-state index contributed by atoms with van der Waals surface area (Å²) in [5, 5.41) is 0. The zero-order valence-corrected chi connectivity index (χ0v) is 7.69. The van der Waals surface area contributed by atoms with Crippen LogP contribution in [0.1, 0.15) is 34.7 Å². The van der Waals surface area contributed by atoms with E-state index in [1.165, 1.54) is 0 Å². The van der Waals surface area contributed by atoms with Crippen molar-refractivity contribution in [3.63, 3.8) is 0 Å². The van der Waals surface area contributed by atoms with Gasteiger partial charge >= 0.3 is 0 Å². The van der Waals surface area contributed by atoms with Crippen molar-refractivity contribution in [3.8, 4) is 0 Å². The van der Waals surface area contributed by atoms with Gasteiger partial charge in [0.1, 0.15) is 5.78 Å². The zero-order chi connectivity index (χ0) is 10.1. The highest BCUT2D eigenvalue weighted by Gasteiger charge is 2.30. The van der Waals surface area contributed by atoms with Gasteiger partial charge in [-0.3, -0.25) is 9.59 Å². The number of nitrogens with two attached hydrogens (primary N) is 1. The topological polar surface area (TPSA) is 60.2 Å². The molecule has 0 atom stereocenters. The lowest BCUT2D eigenvalue weighted by molar-refractivity contribution is -0.124. The lowest BCUT2D eigenvalue weighted by Crippen LogP contribution is -2.24. The number of ketones is 1. The molecule has 72 valence electrons. The minimum atomic E-state index is -0.417. The van der Waals surface area contributed by atoms with E-state index in [1.54, 1.807) is 12.1 Å². The molecule has 1 saturated carbocycles. The van der Waals surface area contributed by atoms with Gasteiger partial charge in [-0.05, 0) is 17.5 Å². The molecule has 1 amide bonds. The first-order valence-electron chi connectivity index (χ1n) is 4.59. The lowest BCUT2D eigenvalue weighted by atomic mass is 9.77. The van der Waals surface area contributed by atoms with Crippen LogP contribution in [0.5, 0.6) is 0 Å². The van der Waals surface area contributed by atoms with Crippen LogP contribution in [0, 0.1) is 0 Å². The van der Waals surface area contributed by atoms with Gasteiger partial charge in [0.05, 0.1) is 0 Å². The first-order chi connectivity index (χ1) is 6.68. The molecule has 0 saturated heterocycles. The quantitative estimate of drug-likeness (QED) is 0.760. The maximum Gasteiger partial charge on any atom is 0.248 e. The Bertz CT molecular complexity index is 390. The van der Waals surface area contributed by atoms with Gasteiger partial charge in [-0.25, -0.2) is 0 Å². The minimum Gasteiger partial charge on any atom is -0.366 e. The largest absolute Gasteiger partial charge is 0.366 e. The van der Waals surface area contributed by atoms with Crippen molar-refractivity contribution < 1.29 is 9.59 Å². The van der Waals surface area contributed by atoms with Crippen LogP contribution in [0.4, 0.5) is 0 Å². The molecule has 2 rings (SSSR count). The van der Waals surface area contributed by atoms with Crippen molar-refractivity contribution in [1.82, 2.24) is 0 Å². The summed E-state index contributed by atoms with van der Waals surface area (Å²) in [6.07, 6.45) is 1.09. The summed E-state index contributed by atoms with van der Waals surface area (Å²) < 4.78 is 0. The smallest absolute Gasteiger partial charge is 0.248 e. The Labute approximate surface area is 81.9 Å². The fourth-order valence-electron chi connectivity index (χ4n) is 1.79. The fourth-order valence-corrected chi connectivity index (χ4v) is 1.79. The monoisotopic (exact) mass is 189 g/mol. The number of benzene rings is 1. The van der Waals surface area contributed by atoms with Gasteiger partial charge in [0.15, 0.2) is 0 Å². The molecule has 3 nitrogen and oxygen atoms in total. The Hall–Kier alpha value is -1.64. The van der Waals surface area contributed by atoms with Gasteiger partial charge < -0.3 is 5.73 Å². The van der Waals surface area contributed by atoms with Crippen LogP contribution < -0.4 is 5.73 Å². The van der Waals surface area contributed by atoms with E-state index in [9.17, 15) is 9.59 Å². The van der Waals surface area contributed by atoms with E-state index >= 15 is 0 Å². The van der Waals surface area contributed by atoms with Gasteiger partial charge in [-0.1, -0.05) is 18.2 Å². The number of amides is 1. The number of hydrogen-bond donors (Lipinski definition) is 1. The molecule has 3 heteroatoms. The van der Waals surface area contributed by atoms with Crippen LogP contribution in [-0.2, 0) is 4.79 Å². The van der Waals surface area contributed by atoms with Crippen molar-refractivity contribution in [1.29, 1.82) is 0 Å². The van der Waals surface area contributed by atoms with Gasteiger partial charge in [-0.2, -0.15) is 0 Å². The van der Waals surface area contributed by atoms with Crippen molar-refractivity contribution in [3.05, 3.63) is 35.4 Å². The molecule has 0 unspecified atom stereocenters. The summed E-state index contributed by atoms with van der Waals surface area (Å²) in [4.78, 5) is 21.9. The third-order valence-corrected chi connectivity index (χ3v) is 2.61. The number of Topliss-reactive ketones (excluding diaryl/α,β-unsaturated/α-hetero) is 1.